The van der Waals surface area contributed by atoms with E-state index in [0.29, 0.717) is 6.04 Å². The Morgan fingerprint density at radius 1 is 1.00 bits per heavy atom. The fourth-order valence-electron chi connectivity index (χ4n) is 2.57. The topological polar surface area (TPSA) is 12.0 Å². The molecule has 0 aromatic heterocycles. The fraction of sp³-hybridized carbons (Fsp3) is 0.368. The molecule has 1 N–H and O–H groups in total. The maximum absolute atomic E-state index is 5.98. The Hall–Kier alpha value is -1.47. The Morgan fingerprint density at radius 3 is 2.19 bits per heavy atom. The second-order valence-corrected chi connectivity index (χ2v) is 6.89. The van der Waals surface area contributed by atoms with Crippen molar-refractivity contribution in [1.29, 1.82) is 0 Å². The van der Waals surface area contributed by atoms with Gasteiger partial charge in [0.2, 0.25) is 0 Å². The normalized spacial score (nSPS) is 13.0. The molecule has 2 aromatic carbocycles. The Bertz CT molecular complexity index is 581. The molecule has 1 unspecified atom stereocenters. The SMILES string of the molecule is CCC(Nc1ccccc1C(C)(C)C)c1ccc(Cl)cc1. The molecule has 0 bridgehead atoms. The van der Waals surface area contributed by atoms with Crippen molar-refractivity contribution < 1.29 is 0 Å². The summed E-state index contributed by atoms with van der Waals surface area (Å²) in [4.78, 5) is 0. The van der Waals surface area contributed by atoms with Crippen molar-refractivity contribution in [2.75, 3.05) is 5.32 Å². The van der Waals surface area contributed by atoms with Crippen LogP contribution in [0.5, 0.6) is 0 Å². The molecule has 0 radical (unpaired) electrons. The van der Waals surface area contributed by atoms with Crippen LogP contribution in [0, 0.1) is 0 Å². The third-order valence-electron chi connectivity index (χ3n) is 3.75. The summed E-state index contributed by atoms with van der Waals surface area (Å²) in [6.45, 7) is 8.94. The van der Waals surface area contributed by atoms with E-state index in [-0.39, 0.29) is 5.41 Å². The van der Waals surface area contributed by atoms with E-state index in [1.165, 1.54) is 16.8 Å². The summed E-state index contributed by atoms with van der Waals surface area (Å²) < 4.78 is 0. The van der Waals surface area contributed by atoms with Crippen LogP contribution in [0.4, 0.5) is 5.69 Å². The van der Waals surface area contributed by atoms with Gasteiger partial charge < -0.3 is 5.32 Å². The molecule has 2 heteroatoms. The lowest BCUT2D eigenvalue weighted by atomic mass is 9.85. The van der Waals surface area contributed by atoms with Gasteiger partial charge in [0.25, 0.3) is 0 Å². The maximum atomic E-state index is 5.98. The van der Waals surface area contributed by atoms with Crippen molar-refractivity contribution >= 4 is 17.3 Å². The van der Waals surface area contributed by atoms with Crippen molar-refractivity contribution in [3.05, 3.63) is 64.7 Å². The molecular formula is C19H24ClN. The zero-order chi connectivity index (χ0) is 15.5. The summed E-state index contributed by atoms with van der Waals surface area (Å²) in [5.74, 6) is 0. The smallest absolute Gasteiger partial charge is 0.0511 e. The number of para-hydroxylation sites is 1. The van der Waals surface area contributed by atoms with Crippen molar-refractivity contribution in [1.82, 2.24) is 0 Å². The molecule has 0 fully saturated rings. The Kier molecular flexibility index (Phi) is 4.95. The lowest BCUT2D eigenvalue weighted by Gasteiger charge is -2.27. The molecule has 2 rings (SSSR count). The molecule has 0 spiro atoms. The van der Waals surface area contributed by atoms with Gasteiger partial charge in [-0.3, -0.25) is 0 Å². The highest BCUT2D eigenvalue weighted by Crippen LogP contribution is 2.32. The van der Waals surface area contributed by atoms with Crippen molar-refractivity contribution in [3.8, 4) is 0 Å². The molecule has 0 heterocycles. The minimum absolute atomic E-state index is 0.127. The molecule has 0 saturated carbocycles. The van der Waals surface area contributed by atoms with Crippen LogP contribution in [0.2, 0.25) is 5.02 Å². The molecule has 0 aliphatic rings. The van der Waals surface area contributed by atoms with Gasteiger partial charge in [-0.2, -0.15) is 0 Å². The van der Waals surface area contributed by atoms with Crippen LogP contribution >= 0.6 is 11.6 Å². The van der Waals surface area contributed by atoms with Gasteiger partial charge in [0, 0.05) is 10.7 Å². The summed E-state index contributed by atoms with van der Waals surface area (Å²) in [7, 11) is 0. The Morgan fingerprint density at radius 2 is 1.62 bits per heavy atom. The van der Waals surface area contributed by atoms with Crippen LogP contribution in [0.25, 0.3) is 0 Å². The monoisotopic (exact) mass is 301 g/mol. The molecule has 2 aromatic rings. The molecule has 0 amide bonds. The quantitative estimate of drug-likeness (QED) is 0.709. The minimum atomic E-state index is 0.127. The molecule has 112 valence electrons. The number of hydrogen-bond acceptors (Lipinski definition) is 1. The van der Waals surface area contributed by atoms with Gasteiger partial charge in [-0.25, -0.2) is 0 Å². The summed E-state index contributed by atoms with van der Waals surface area (Å²) >= 11 is 5.98. The average molecular weight is 302 g/mol. The van der Waals surface area contributed by atoms with Crippen LogP contribution in [-0.2, 0) is 5.41 Å². The second kappa shape index (κ2) is 6.53. The Labute approximate surface area is 133 Å². The summed E-state index contributed by atoms with van der Waals surface area (Å²) in [6.07, 6.45) is 1.03. The van der Waals surface area contributed by atoms with Gasteiger partial charge in [-0.05, 0) is 41.2 Å². The predicted octanol–water partition coefficient (Wildman–Crippen LogP) is 6.20. The molecule has 0 saturated heterocycles. The second-order valence-electron chi connectivity index (χ2n) is 6.45. The lowest BCUT2D eigenvalue weighted by molar-refractivity contribution is 0.589. The lowest BCUT2D eigenvalue weighted by Crippen LogP contribution is -2.17. The van der Waals surface area contributed by atoms with Crippen molar-refractivity contribution in [3.63, 3.8) is 0 Å². The highest BCUT2D eigenvalue weighted by molar-refractivity contribution is 6.30. The largest absolute Gasteiger partial charge is 0.378 e. The van der Waals surface area contributed by atoms with E-state index in [0.717, 1.165) is 11.4 Å². The molecule has 0 aliphatic heterocycles. The number of hydrogen-bond donors (Lipinski definition) is 1. The van der Waals surface area contributed by atoms with Crippen LogP contribution in [0.1, 0.15) is 51.3 Å². The first-order chi connectivity index (χ1) is 9.91. The van der Waals surface area contributed by atoms with Gasteiger partial charge >= 0.3 is 0 Å². The predicted molar refractivity (Wildman–Crippen MR) is 93.2 cm³/mol. The third kappa shape index (κ3) is 4.01. The van der Waals surface area contributed by atoms with E-state index in [4.69, 9.17) is 11.6 Å². The van der Waals surface area contributed by atoms with E-state index in [1.54, 1.807) is 0 Å². The molecular weight excluding hydrogens is 278 g/mol. The van der Waals surface area contributed by atoms with E-state index in [2.05, 4.69) is 69.4 Å². The van der Waals surface area contributed by atoms with E-state index < -0.39 is 0 Å². The average Bonchev–Trinajstić information content (AvgIpc) is 2.45. The molecule has 21 heavy (non-hydrogen) atoms. The number of anilines is 1. The van der Waals surface area contributed by atoms with E-state index >= 15 is 0 Å². The van der Waals surface area contributed by atoms with E-state index in [9.17, 15) is 0 Å². The van der Waals surface area contributed by atoms with Crippen molar-refractivity contribution in [2.24, 2.45) is 0 Å². The summed E-state index contributed by atoms with van der Waals surface area (Å²) in [5.41, 5.74) is 3.96. The molecule has 0 aliphatic carbocycles. The van der Waals surface area contributed by atoms with Crippen LogP contribution in [0.15, 0.2) is 48.5 Å². The maximum Gasteiger partial charge on any atom is 0.0511 e. The molecule has 1 nitrogen and oxygen atoms in total. The van der Waals surface area contributed by atoms with Gasteiger partial charge in [-0.1, -0.05) is 69.6 Å². The highest BCUT2D eigenvalue weighted by Gasteiger charge is 2.19. The summed E-state index contributed by atoms with van der Waals surface area (Å²) in [5, 5.41) is 4.48. The standard InChI is InChI=1S/C19H24ClN/c1-5-17(14-10-12-15(20)13-11-14)21-18-9-7-6-8-16(18)19(2,3)4/h6-13,17,21H,5H2,1-4H3. The first kappa shape index (κ1) is 15.9. The molecule has 1 atom stereocenters. The van der Waals surface area contributed by atoms with Gasteiger partial charge in [0.15, 0.2) is 0 Å². The third-order valence-corrected chi connectivity index (χ3v) is 4.00. The van der Waals surface area contributed by atoms with Crippen LogP contribution in [0.3, 0.4) is 0 Å². The van der Waals surface area contributed by atoms with Gasteiger partial charge in [0.05, 0.1) is 6.04 Å². The zero-order valence-corrected chi connectivity index (χ0v) is 14.0. The first-order valence-corrected chi connectivity index (χ1v) is 7.91. The minimum Gasteiger partial charge on any atom is -0.378 e. The van der Waals surface area contributed by atoms with E-state index in [1.807, 2.05) is 12.1 Å². The highest BCUT2D eigenvalue weighted by atomic mass is 35.5. The Balaban J connectivity index is 2.29. The van der Waals surface area contributed by atoms with Gasteiger partial charge in [-0.15, -0.1) is 0 Å². The van der Waals surface area contributed by atoms with Crippen LogP contribution < -0.4 is 5.32 Å². The number of nitrogens with one attached hydrogen (secondary N) is 1. The number of halogens is 1. The van der Waals surface area contributed by atoms with Crippen LogP contribution in [-0.4, -0.2) is 0 Å². The number of benzene rings is 2. The summed E-state index contributed by atoms with van der Waals surface area (Å²) in [6, 6.07) is 17.0. The zero-order valence-electron chi connectivity index (χ0n) is 13.3. The number of rotatable bonds is 4. The first-order valence-electron chi connectivity index (χ1n) is 7.53. The van der Waals surface area contributed by atoms with Gasteiger partial charge in [0.1, 0.15) is 0 Å². The van der Waals surface area contributed by atoms with Crippen molar-refractivity contribution in [2.45, 2.75) is 45.6 Å². The fourth-order valence-corrected chi connectivity index (χ4v) is 2.69.